The molecule has 1 aliphatic rings. The number of hydrogen-bond donors (Lipinski definition) is 1. The fourth-order valence-corrected chi connectivity index (χ4v) is 6.02. The van der Waals surface area contributed by atoms with Gasteiger partial charge in [0.2, 0.25) is 10.0 Å². The Balaban J connectivity index is 1.46. The number of hydrogen-bond acceptors (Lipinski definition) is 7. The lowest BCUT2D eigenvalue weighted by Gasteiger charge is -2.44. The fourth-order valence-electron chi connectivity index (χ4n) is 4.62. The summed E-state index contributed by atoms with van der Waals surface area (Å²) < 4.78 is 57.7. The Morgan fingerprint density at radius 1 is 0.974 bits per heavy atom. The van der Waals surface area contributed by atoms with E-state index in [-0.39, 0.29) is 35.6 Å². The minimum absolute atomic E-state index is 0.0152. The number of nitrogens with one attached hydrogen (secondary N) is 1. The maximum absolute atomic E-state index is 14.0. The predicted octanol–water partition coefficient (Wildman–Crippen LogP) is 4.48. The lowest BCUT2D eigenvalue weighted by atomic mass is 9.91. The van der Waals surface area contributed by atoms with Gasteiger partial charge in [0.25, 0.3) is 0 Å². The van der Waals surface area contributed by atoms with Crippen molar-refractivity contribution >= 4 is 21.7 Å². The summed E-state index contributed by atoms with van der Waals surface area (Å²) in [6.07, 6.45) is 0. The Morgan fingerprint density at radius 3 is 2.03 bits per heavy atom. The topological polar surface area (TPSA) is 94.2 Å². The van der Waals surface area contributed by atoms with Gasteiger partial charge in [-0.3, -0.25) is 9.62 Å². The van der Waals surface area contributed by atoms with Gasteiger partial charge in [0.1, 0.15) is 17.3 Å². The van der Waals surface area contributed by atoms with E-state index in [9.17, 15) is 17.6 Å². The molecule has 202 valence electrons. The Labute approximate surface area is 222 Å². The van der Waals surface area contributed by atoms with Crippen LogP contribution in [0, 0.1) is 11.7 Å². The van der Waals surface area contributed by atoms with Gasteiger partial charge < -0.3 is 14.2 Å². The summed E-state index contributed by atoms with van der Waals surface area (Å²) in [5.41, 5.74) is 2.04. The second-order valence-corrected chi connectivity index (χ2v) is 10.9. The number of ether oxygens (including phenoxy) is 3. The highest BCUT2D eigenvalue weighted by Gasteiger charge is 2.36. The van der Waals surface area contributed by atoms with Crippen molar-refractivity contribution in [1.29, 1.82) is 0 Å². The molecule has 0 saturated carbocycles. The molecule has 0 bridgehead atoms. The fraction of sp³-hybridized carbons (Fsp3) is 0.321. The van der Waals surface area contributed by atoms with Crippen LogP contribution in [0.25, 0.3) is 0 Å². The summed E-state index contributed by atoms with van der Waals surface area (Å²) in [4.78, 5) is 14.2. The Hall–Kier alpha value is -3.63. The van der Waals surface area contributed by atoms with E-state index in [1.54, 1.807) is 21.1 Å². The third kappa shape index (κ3) is 6.62. The third-order valence-electron chi connectivity index (χ3n) is 6.35. The van der Waals surface area contributed by atoms with Gasteiger partial charge in [-0.25, -0.2) is 17.6 Å². The molecule has 1 fully saturated rings. The van der Waals surface area contributed by atoms with Crippen LogP contribution in [0.5, 0.6) is 11.5 Å². The molecule has 1 N–H and O–H groups in total. The van der Waals surface area contributed by atoms with Crippen LogP contribution >= 0.6 is 0 Å². The molecule has 8 nitrogen and oxygen atoms in total. The van der Waals surface area contributed by atoms with E-state index in [1.807, 2.05) is 48.5 Å². The number of carbonyl (C=O) groups excluding carboxylic acids is 1. The molecule has 0 amide bonds. The van der Waals surface area contributed by atoms with Crippen molar-refractivity contribution in [2.24, 2.45) is 5.92 Å². The number of likely N-dealkylation sites (tertiary alicyclic amines) is 1. The molecule has 0 aromatic heterocycles. The smallest absolute Gasteiger partial charge is 0.338 e. The lowest BCUT2D eigenvalue weighted by Crippen LogP contribution is -2.51. The number of benzene rings is 3. The third-order valence-corrected chi connectivity index (χ3v) is 7.81. The van der Waals surface area contributed by atoms with E-state index in [0.29, 0.717) is 13.1 Å². The molecule has 0 radical (unpaired) electrons. The number of rotatable bonds is 11. The molecular weight excluding hydrogens is 511 g/mol. The first-order valence-corrected chi connectivity index (χ1v) is 13.9. The van der Waals surface area contributed by atoms with Gasteiger partial charge in [-0.1, -0.05) is 24.3 Å². The molecule has 3 aromatic rings. The number of anilines is 1. The summed E-state index contributed by atoms with van der Waals surface area (Å²) in [5.74, 6) is -0.194. The lowest BCUT2D eigenvalue weighted by molar-refractivity contribution is 0.0526. The highest BCUT2D eigenvalue weighted by atomic mass is 32.2. The first-order valence-electron chi connectivity index (χ1n) is 12.2. The van der Waals surface area contributed by atoms with Crippen molar-refractivity contribution in [3.05, 3.63) is 89.2 Å². The van der Waals surface area contributed by atoms with Crippen LogP contribution < -0.4 is 14.2 Å². The quantitative estimate of drug-likeness (QED) is 0.357. The van der Waals surface area contributed by atoms with E-state index in [4.69, 9.17) is 14.2 Å². The van der Waals surface area contributed by atoms with Gasteiger partial charge in [0.15, 0.2) is 0 Å². The van der Waals surface area contributed by atoms with E-state index in [1.165, 1.54) is 6.07 Å². The van der Waals surface area contributed by atoms with Gasteiger partial charge in [0.05, 0.1) is 43.9 Å². The monoisotopic (exact) mass is 542 g/mol. The maximum Gasteiger partial charge on any atom is 0.338 e. The Morgan fingerprint density at radius 2 is 1.53 bits per heavy atom. The van der Waals surface area contributed by atoms with Crippen molar-refractivity contribution in [3.8, 4) is 11.5 Å². The number of sulfonamides is 1. The highest BCUT2D eigenvalue weighted by Crippen LogP contribution is 2.36. The normalized spacial score (nSPS) is 14.1. The molecule has 10 heteroatoms. The van der Waals surface area contributed by atoms with Crippen LogP contribution in [-0.4, -0.2) is 59.0 Å². The summed E-state index contributed by atoms with van der Waals surface area (Å²) in [7, 11) is -0.557. The van der Waals surface area contributed by atoms with Gasteiger partial charge in [-0.05, 0) is 60.5 Å². The molecule has 4 rings (SSSR count). The number of halogens is 1. The number of carbonyl (C=O) groups is 1. The SMILES string of the molecule is CCOC(=O)c1cc(F)cc(NS(=O)(=O)CC2CN(C(c3ccc(OC)cc3)c3ccc(OC)cc3)C2)c1. The minimum atomic E-state index is -3.79. The largest absolute Gasteiger partial charge is 0.497 e. The Kier molecular flexibility index (Phi) is 8.53. The van der Waals surface area contributed by atoms with E-state index in [2.05, 4.69) is 9.62 Å². The van der Waals surface area contributed by atoms with Gasteiger partial charge in [0, 0.05) is 19.0 Å². The molecule has 38 heavy (non-hydrogen) atoms. The molecule has 0 unspecified atom stereocenters. The maximum atomic E-state index is 14.0. The molecule has 3 aromatic carbocycles. The van der Waals surface area contributed by atoms with Crippen LogP contribution in [0.2, 0.25) is 0 Å². The van der Waals surface area contributed by atoms with E-state index in [0.717, 1.165) is 34.8 Å². The zero-order valence-corrected chi connectivity index (χ0v) is 22.3. The second-order valence-electron chi connectivity index (χ2n) is 9.10. The van der Waals surface area contributed by atoms with Gasteiger partial charge in [-0.2, -0.15) is 0 Å². The first-order chi connectivity index (χ1) is 18.2. The number of esters is 1. The molecule has 1 saturated heterocycles. The molecule has 0 atom stereocenters. The van der Waals surface area contributed by atoms with E-state index < -0.39 is 21.8 Å². The standard InChI is InChI=1S/C28H31FN2O6S/c1-4-37-28(32)22-13-23(29)15-24(14-22)30-38(33,34)18-19-16-31(17-19)27(20-5-9-25(35-2)10-6-20)21-7-11-26(36-3)12-8-21/h5-15,19,27,30H,4,16-18H2,1-3H3. The molecule has 1 heterocycles. The van der Waals surface area contributed by atoms with Crippen LogP contribution in [0.1, 0.15) is 34.5 Å². The van der Waals surface area contributed by atoms with Crippen LogP contribution in [0.15, 0.2) is 66.7 Å². The number of methoxy groups -OCH3 is 2. The van der Waals surface area contributed by atoms with Crippen molar-refractivity contribution in [2.45, 2.75) is 13.0 Å². The Bertz CT molecular complexity index is 1310. The molecular formula is C28H31FN2O6S. The molecule has 0 aliphatic carbocycles. The zero-order chi connectivity index (χ0) is 27.3. The highest BCUT2D eigenvalue weighted by molar-refractivity contribution is 7.92. The number of nitrogens with zero attached hydrogens (tertiary/aromatic N) is 1. The van der Waals surface area contributed by atoms with Gasteiger partial charge >= 0.3 is 5.97 Å². The van der Waals surface area contributed by atoms with Crippen LogP contribution in [0.3, 0.4) is 0 Å². The zero-order valence-electron chi connectivity index (χ0n) is 21.5. The molecule has 0 spiro atoms. The van der Waals surface area contributed by atoms with Crippen LogP contribution in [0.4, 0.5) is 10.1 Å². The summed E-state index contributed by atoms with van der Waals surface area (Å²) in [5, 5.41) is 0. The van der Waals surface area contributed by atoms with E-state index >= 15 is 0 Å². The van der Waals surface area contributed by atoms with Crippen molar-refractivity contribution in [3.63, 3.8) is 0 Å². The van der Waals surface area contributed by atoms with Crippen LogP contribution in [-0.2, 0) is 14.8 Å². The first kappa shape index (κ1) is 27.4. The van der Waals surface area contributed by atoms with Crippen molar-refractivity contribution in [1.82, 2.24) is 4.90 Å². The minimum Gasteiger partial charge on any atom is -0.497 e. The van der Waals surface area contributed by atoms with Crippen molar-refractivity contribution < 1.29 is 31.8 Å². The van der Waals surface area contributed by atoms with Gasteiger partial charge in [-0.15, -0.1) is 0 Å². The van der Waals surface area contributed by atoms with Crippen molar-refractivity contribution in [2.75, 3.05) is 44.4 Å². The predicted molar refractivity (Wildman–Crippen MR) is 143 cm³/mol. The summed E-state index contributed by atoms with van der Waals surface area (Å²) in [6.45, 7) is 2.88. The summed E-state index contributed by atoms with van der Waals surface area (Å²) in [6, 6.07) is 18.9. The second kappa shape index (κ2) is 11.8. The average Bonchev–Trinajstić information content (AvgIpc) is 2.87. The molecule has 1 aliphatic heterocycles. The average molecular weight is 543 g/mol. The summed E-state index contributed by atoms with van der Waals surface area (Å²) >= 11 is 0.